The van der Waals surface area contributed by atoms with Crippen LogP contribution in [0.4, 0.5) is 5.82 Å². The number of aldehydes is 1. The van der Waals surface area contributed by atoms with Gasteiger partial charge in [0.15, 0.2) is 11.0 Å². The van der Waals surface area contributed by atoms with Gasteiger partial charge in [0.1, 0.15) is 12.0 Å². The maximum absolute atomic E-state index is 10.6. The fourth-order valence-corrected chi connectivity index (χ4v) is 2.76. The van der Waals surface area contributed by atoms with Crippen LogP contribution in [-0.2, 0) is 0 Å². The Hall–Kier alpha value is -2.14. The third kappa shape index (κ3) is 4.20. The minimum absolute atomic E-state index is 0.414. The first-order chi connectivity index (χ1) is 11.2. The topological polar surface area (TPSA) is 55.3 Å². The standard InChI is InChI=1S/C17H18ClN3O2/c18-16-5-6-17(20-19-16)21-9-7-14(8-10-21)12-23-15-3-1-13(11-22)2-4-15/h1-6,11,14H,7-10,12H2. The molecule has 0 atom stereocenters. The van der Waals surface area contributed by atoms with E-state index in [-0.39, 0.29) is 0 Å². The number of aromatic nitrogens is 2. The quantitative estimate of drug-likeness (QED) is 0.787. The van der Waals surface area contributed by atoms with Gasteiger partial charge in [-0.2, -0.15) is 0 Å². The Kier molecular flexibility index (Phi) is 5.08. The largest absolute Gasteiger partial charge is 0.493 e. The molecule has 2 aromatic rings. The molecule has 0 amide bonds. The third-order valence-electron chi connectivity index (χ3n) is 4.06. The number of carbonyl (C=O) groups excluding carboxylic acids is 1. The van der Waals surface area contributed by atoms with Gasteiger partial charge in [0.05, 0.1) is 6.61 Å². The zero-order chi connectivity index (χ0) is 16.1. The van der Waals surface area contributed by atoms with Crippen molar-refractivity contribution in [2.75, 3.05) is 24.6 Å². The molecule has 0 radical (unpaired) electrons. The molecule has 1 saturated heterocycles. The van der Waals surface area contributed by atoms with Crippen LogP contribution in [0, 0.1) is 5.92 Å². The van der Waals surface area contributed by atoms with E-state index in [0.717, 1.165) is 43.8 Å². The van der Waals surface area contributed by atoms with Crippen LogP contribution in [0.5, 0.6) is 5.75 Å². The highest BCUT2D eigenvalue weighted by Gasteiger charge is 2.21. The average molecular weight is 332 g/mol. The second-order valence-corrected chi connectivity index (χ2v) is 6.03. The van der Waals surface area contributed by atoms with Crippen molar-refractivity contribution in [3.8, 4) is 5.75 Å². The first-order valence-corrected chi connectivity index (χ1v) is 8.04. The number of anilines is 1. The maximum Gasteiger partial charge on any atom is 0.151 e. The summed E-state index contributed by atoms with van der Waals surface area (Å²) in [7, 11) is 0. The summed E-state index contributed by atoms with van der Waals surface area (Å²) in [5.74, 6) is 2.21. The van der Waals surface area contributed by atoms with Crippen molar-refractivity contribution in [2.45, 2.75) is 12.8 Å². The molecule has 0 bridgehead atoms. The molecule has 120 valence electrons. The molecule has 1 aromatic heterocycles. The van der Waals surface area contributed by atoms with Crippen molar-refractivity contribution in [1.82, 2.24) is 10.2 Å². The second kappa shape index (κ2) is 7.42. The monoisotopic (exact) mass is 331 g/mol. The van der Waals surface area contributed by atoms with Gasteiger partial charge in [-0.15, -0.1) is 10.2 Å². The van der Waals surface area contributed by atoms with Crippen molar-refractivity contribution >= 4 is 23.7 Å². The average Bonchev–Trinajstić information content (AvgIpc) is 2.61. The molecule has 1 aliphatic heterocycles. The van der Waals surface area contributed by atoms with Gasteiger partial charge in [0.25, 0.3) is 0 Å². The van der Waals surface area contributed by atoms with Gasteiger partial charge in [-0.1, -0.05) is 11.6 Å². The highest BCUT2D eigenvalue weighted by atomic mass is 35.5. The van der Waals surface area contributed by atoms with Crippen LogP contribution in [-0.4, -0.2) is 36.2 Å². The number of ether oxygens (including phenoxy) is 1. The summed E-state index contributed by atoms with van der Waals surface area (Å²) in [6.45, 7) is 2.57. The van der Waals surface area contributed by atoms with E-state index in [4.69, 9.17) is 16.3 Å². The van der Waals surface area contributed by atoms with E-state index >= 15 is 0 Å². The van der Waals surface area contributed by atoms with Gasteiger partial charge in [-0.05, 0) is 55.2 Å². The van der Waals surface area contributed by atoms with E-state index in [1.54, 1.807) is 18.2 Å². The molecular formula is C17H18ClN3O2. The maximum atomic E-state index is 10.6. The van der Waals surface area contributed by atoms with E-state index in [9.17, 15) is 4.79 Å². The Morgan fingerprint density at radius 3 is 2.48 bits per heavy atom. The number of carbonyl (C=O) groups is 1. The summed E-state index contributed by atoms with van der Waals surface area (Å²) in [6, 6.07) is 10.9. The molecule has 2 heterocycles. The predicted octanol–water partition coefficient (Wildman–Crippen LogP) is 3.24. The molecule has 0 saturated carbocycles. The minimum Gasteiger partial charge on any atom is -0.493 e. The summed E-state index contributed by atoms with van der Waals surface area (Å²) in [5, 5.41) is 8.42. The Morgan fingerprint density at radius 2 is 1.87 bits per heavy atom. The summed E-state index contributed by atoms with van der Waals surface area (Å²) in [4.78, 5) is 12.8. The third-order valence-corrected chi connectivity index (χ3v) is 4.26. The van der Waals surface area contributed by atoms with E-state index in [2.05, 4.69) is 15.1 Å². The Labute approximate surface area is 140 Å². The van der Waals surface area contributed by atoms with Crippen molar-refractivity contribution in [3.63, 3.8) is 0 Å². The van der Waals surface area contributed by atoms with Crippen molar-refractivity contribution in [2.24, 2.45) is 5.92 Å². The molecular weight excluding hydrogens is 314 g/mol. The van der Waals surface area contributed by atoms with Crippen molar-refractivity contribution in [1.29, 1.82) is 0 Å². The van der Waals surface area contributed by atoms with E-state index in [1.807, 2.05) is 18.2 Å². The Morgan fingerprint density at radius 1 is 1.13 bits per heavy atom. The van der Waals surface area contributed by atoms with Gasteiger partial charge < -0.3 is 9.64 Å². The van der Waals surface area contributed by atoms with Crippen LogP contribution >= 0.6 is 11.6 Å². The lowest BCUT2D eigenvalue weighted by molar-refractivity contribution is 0.112. The summed E-state index contributed by atoms with van der Waals surface area (Å²) in [5.41, 5.74) is 0.662. The number of rotatable bonds is 5. The van der Waals surface area contributed by atoms with Crippen LogP contribution < -0.4 is 9.64 Å². The molecule has 0 aliphatic carbocycles. The van der Waals surface area contributed by atoms with Crippen LogP contribution in [0.15, 0.2) is 36.4 Å². The van der Waals surface area contributed by atoms with Crippen molar-refractivity contribution < 1.29 is 9.53 Å². The molecule has 0 N–H and O–H groups in total. The summed E-state index contributed by atoms with van der Waals surface area (Å²) in [6.07, 6.45) is 2.94. The van der Waals surface area contributed by atoms with Crippen molar-refractivity contribution in [3.05, 3.63) is 47.1 Å². The lowest BCUT2D eigenvalue weighted by Gasteiger charge is -2.32. The van der Waals surface area contributed by atoms with Crippen LogP contribution in [0.2, 0.25) is 5.15 Å². The zero-order valence-electron chi connectivity index (χ0n) is 12.7. The van der Waals surface area contributed by atoms with Gasteiger partial charge in [-0.25, -0.2) is 0 Å². The molecule has 3 rings (SSSR count). The molecule has 0 unspecified atom stereocenters. The van der Waals surface area contributed by atoms with Crippen LogP contribution in [0.25, 0.3) is 0 Å². The van der Waals surface area contributed by atoms with E-state index in [1.165, 1.54) is 0 Å². The zero-order valence-corrected chi connectivity index (χ0v) is 13.4. The van der Waals surface area contributed by atoms with E-state index < -0.39 is 0 Å². The Bertz CT molecular complexity index is 638. The van der Waals surface area contributed by atoms with Gasteiger partial charge in [0, 0.05) is 18.7 Å². The number of halogens is 1. The SMILES string of the molecule is O=Cc1ccc(OCC2CCN(c3ccc(Cl)nn3)CC2)cc1. The molecule has 1 aromatic carbocycles. The number of nitrogens with zero attached hydrogens (tertiary/aromatic N) is 3. The highest BCUT2D eigenvalue weighted by Crippen LogP contribution is 2.23. The molecule has 1 fully saturated rings. The molecule has 6 heteroatoms. The first-order valence-electron chi connectivity index (χ1n) is 7.67. The minimum atomic E-state index is 0.414. The lowest BCUT2D eigenvalue weighted by Crippen LogP contribution is -2.36. The fraction of sp³-hybridized carbons (Fsp3) is 0.353. The molecule has 5 nitrogen and oxygen atoms in total. The highest BCUT2D eigenvalue weighted by molar-refractivity contribution is 6.29. The number of hydrogen-bond acceptors (Lipinski definition) is 5. The van der Waals surface area contributed by atoms with E-state index in [0.29, 0.717) is 23.2 Å². The molecule has 0 spiro atoms. The second-order valence-electron chi connectivity index (χ2n) is 5.64. The predicted molar refractivity (Wildman–Crippen MR) is 89.3 cm³/mol. The summed E-state index contributed by atoms with van der Waals surface area (Å²) < 4.78 is 5.82. The lowest BCUT2D eigenvalue weighted by atomic mass is 9.98. The number of benzene rings is 1. The Balaban J connectivity index is 1.47. The fourth-order valence-electron chi connectivity index (χ4n) is 2.66. The van der Waals surface area contributed by atoms with Gasteiger partial charge in [0.2, 0.25) is 0 Å². The molecule has 23 heavy (non-hydrogen) atoms. The van der Waals surface area contributed by atoms with Gasteiger partial charge in [-0.3, -0.25) is 4.79 Å². The summed E-state index contributed by atoms with van der Waals surface area (Å²) >= 11 is 5.76. The number of hydrogen-bond donors (Lipinski definition) is 0. The molecule has 1 aliphatic rings. The normalized spacial score (nSPS) is 15.4. The smallest absolute Gasteiger partial charge is 0.151 e. The van der Waals surface area contributed by atoms with Gasteiger partial charge >= 0.3 is 0 Å². The van der Waals surface area contributed by atoms with Crippen LogP contribution in [0.3, 0.4) is 0 Å². The first kappa shape index (κ1) is 15.7. The van der Waals surface area contributed by atoms with Crippen LogP contribution in [0.1, 0.15) is 23.2 Å². The number of piperidine rings is 1.